The van der Waals surface area contributed by atoms with E-state index < -0.39 is 0 Å². The summed E-state index contributed by atoms with van der Waals surface area (Å²) in [5.74, 6) is 0.237. The quantitative estimate of drug-likeness (QED) is 0.635. The van der Waals surface area contributed by atoms with Gasteiger partial charge in [-0.3, -0.25) is 9.59 Å². The van der Waals surface area contributed by atoms with Gasteiger partial charge in [0.1, 0.15) is 0 Å². The van der Waals surface area contributed by atoms with Crippen LogP contribution in [0.4, 0.5) is 5.69 Å². The summed E-state index contributed by atoms with van der Waals surface area (Å²) >= 11 is 0. The van der Waals surface area contributed by atoms with Crippen LogP contribution in [-0.4, -0.2) is 54.3 Å². The zero-order valence-corrected chi connectivity index (χ0v) is 18.9. The number of carbonyl (C=O) groups excluding carboxylic acids is 2. The Balaban J connectivity index is 1.39. The minimum Gasteiger partial charge on any atom is -0.342 e. The normalized spacial score (nSPS) is 14.8. The van der Waals surface area contributed by atoms with Crippen molar-refractivity contribution in [1.29, 1.82) is 0 Å². The molecular weight excluding hydrogens is 386 g/mol. The Bertz CT molecular complexity index is 863. The van der Waals surface area contributed by atoms with E-state index in [1.54, 1.807) is 6.92 Å². The van der Waals surface area contributed by atoms with Gasteiger partial charge in [-0.05, 0) is 67.6 Å². The van der Waals surface area contributed by atoms with Crippen molar-refractivity contribution in [2.75, 3.05) is 38.0 Å². The summed E-state index contributed by atoms with van der Waals surface area (Å²) < 4.78 is 0. The van der Waals surface area contributed by atoms with Gasteiger partial charge in [0.15, 0.2) is 0 Å². The number of benzene rings is 2. The minimum absolute atomic E-state index is 0.0697. The van der Waals surface area contributed by atoms with Gasteiger partial charge < -0.3 is 15.1 Å². The monoisotopic (exact) mass is 421 g/mol. The molecular formula is C26H35N3O2. The maximum absolute atomic E-state index is 12.3. The minimum atomic E-state index is 0.0697. The molecule has 166 valence electrons. The van der Waals surface area contributed by atoms with Gasteiger partial charge in [-0.1, -0.05) is 43.3 Å². The molecule has 0 spiro atoms. The van der Waals surface area contributed by atoms with Gasteiger partial charge in [-0.15, -0.1) is 0 Å². The van der Waals surface area contributed by atoms with Gasteiger partial charge in [0.25, 0.3) is 0 Å². The molecule has 1 saturated heterocycles. The zero-order valence-electron chi connectivity index (χ0n) is 18.9. The van der Waals surface area contributed by atoms with E-state index in [-0.39, 0.29) is 11.8 Å². The highest BCUT2D eigenvalue weighted by Gasteiger charge is 2.16. The zero-order chi connectivity index (χ0) is 22.1. The fourth-order valence-electron chi connectivity index (χ4n) is 4.20. The summed E-state index contributed by atoms with van der Waals surface area (Å²) in [4.78, 5) is 28.2. The fraction of sp³-hybridized carbons (Fsp3) is 0.462. The maximum atomic E-state index is 12.3. The molecule has 0 bridgehead atoms. The van der Waals surface area contributed by atoms with Gasteiger partial charge in [0.05, 0.1) is 0 Å². The first kappa shape index (κ1) is 23.0. The van der Waals surface area contributed by atoms with Crippen LogP contribution >= 0.6 is 0 Å². The summed E-state index contributed by atoms with van der Waals surface area (Å²) in [7, 11) is 0. The molecule has 0 saturated carbocycles. The Hall–Kier alpha value is -2.66. The Kier molecular flexibility index (Phi) is 8.65. The molecule has 3 rings (SSSR count). The van der Waals surface area contributed by atoms with Crippen molar-refractivity contribution in [1.82, 2.24) is 9.80 Å². The Morgan fingerprint density at radius 3 is 2.45 bits per heavy atom. The third-order valence-electron chi connectivity index (χ3n) is 6.04. The van der Waals surface area contributed by atoms with E-state index in [1.165, 1.54) is 16.7 Å². The second-order valence-corrected chi connectivity index (χ2v) is 8.29. The molecule has 1 aliphatic heterocycles. The second kappa shape index (κ2) is 11.7. The fourth-order valence-corrected chi connectivity index (χ4v) is 4.20. The molecule has 2 aromatic carbocycles. The van der Waals surface area contributed by atoms with Gasteiger partial charge in [-0.25, -0.2) is 0 Å². The molecule has 0 aliphatic carbocycles. The third-order valence-corrected chi connectivity index (χ3v) is 6.04. The van der Waals surface area contributed by atoms with E-state index in [0.717, 1.165) is 64.1 Å². The summed E-state index contributed by atoms with van der Waals surface area (Å²) in [6.07, 6.45) is 4.44. The molecule has 1 fully saturated rings. The van der Waals surface area contributed by atoms with Crippen molar-refractivity contribution in [3.63, 3.8) is 0 Å². The number of unbranched alkanes of at least 4 members (excludes halogenated alkanes) is 1. The van der Waals surface area contributed by atoms with Crippen LogP contribution in [-0.2, 0) is 16.0 Å². The molecule has 2 amide bonds. The van der Waals surface area contributed by atoms with Crippen molar-refractivity contribution in [2.24, 2.45) is 0 Å². The largest absolute Gasteiger partial charge is 0.342 e. The van der Waals surface area contributed by atoms with Gasteiger partial charge in [0.2, 0.25) is 11.8 Å². The van der Waals surface area contributed by atoms with Crippen LogP contribution in [0.25, 0.3) is 11.1 Å². The predicted octanol–water partition coefficient (Wildman–Crippen LogP) is 4.58. The molecule has 2 aromatic rings. The first-order chi connectivity index (χ1) is 15.1. The van der Waals surface area contributed by atoms with E-state index in [4.69, 9.17) is 0 Å². The molecule has 5 heteroatoms. The third kappa shape index (κ3) is 6.93. The molecule has 5 nitrogen and oxygen atoms in total. The average Bonchev–Trinajstić information content (AvgIpc) is 3.03. The molecule has 0 aromatic heterocycles. The van der Waals surface area contributed by atoms with Crippen molar-refractivity contribution < 1.29 is 9.59 Å². The number of aryl methyl sites for hydroxylation is 1. The van der Waals surface area contributed by atoms with Crippen molar-refractivity contribution in [2.45, 2.75) is 46.0 Å². The first-order valence-corrected chi connectivity index (χ1v) is 11.5. The molecule has 1 heterocycles. The lowest BCUT2D eigenvalue weighted by atomic mass is 9.98. The number of rotatable bonds is 8. The highest BCUT2D eigenvalue weighted by molar-refractivity contribution is 5.91. The first-order valence-electron chi connectivity index (χ1n) is 11.5. The number of anilines is 1. The van der Waals surface area contributed by atoms with Crippen LogP contribution in [0.15, 0.2) is 48.5 Å². The lowest BCUT2D eigenvalue weighted by Crippen LogP contribution is -2.34. The summed E-state index contributed by atoms with van der Waals surface area (Å²) in [5, 5.41) is 3.02. The number of carbonyl (C=O) groups is 2. The SMILES string of the molecule is CCc1ccccc1-c1ccc(NC(=O)CCCCN2CCCN(C(C)=O)CC2)cc1. The summed E-state index contributed by atoms with van der Waals surface area (Å²) in [5.41, 5.74) is 4.61. The standard InChI is InChI=1S/C26H35N3O2/c1-3-22-9-4-5-10-25(22)23-12-14-24(15-13-23)27-26(31)11-6-7-16-28-17-8-18-29(20-19-28)21(2)30/h4-5,9-10,12-15H,3,6-8,11,16-20H2,1-2H3,(H,27,31). The van der Waals surface area contributed by atoms with Gasteiger partial charge >= 0.3 is 0 Å². The van der Waals surface area contributed by atoms with Crippen molar-refractivity contribution in [3.05, 3.63) is 54.1 Å². The number of amides is 2. The second-order valence-electron chi connectivity index (χ2n) is 8.29. The molecule has 0 radical (unpaired) electrons. The van der Waals surface area contributed by atoms with Crippen LogP contribution in [0.2, 0.25) is 0 Å². The average molecular weight is 422 g/mol. The van der Waals surface area contributed by atoms with Crippen LogP contribution in [0.1, 0.15) is 45.1 Å². The summed E-state index contributed by atoms with van der Waals surface area (Å²) in [6, 6.07) is 16.6. The maximum Gasteiger partial charge on any atom is 0.224 e. The lowest BCUT2D eigenvalue weighted by Gasteiger charge is -2.20. The lowest BCUT2D eigenvalue weighted by molar-refractivity contribution is -0.128. The van der Waals surface area contributed by atoms with Crippen LogP contribution in [0, 0.1) is 0 Å². The molecule has 0 unspecified atom stereocenters. The smallest absolute Gasteiger partial charge is 0.224 e. The van der Waals surface area contributed by atoms with E-state index in [9.17, 15) is 9.59 Å². The van der Waals surface area contributed by atoms with E-state index in [2.05, 4.69) is 53.5 Å². The highest BCUT2D eigenvalue weighted by atomic mass is 16.2. The molecule has 0 atom stereocenters. The Morgan fingerprint density at radius 2 is 1.71 bits per heavy atom. The topological polar surface area (TPSA) is 52.7 Å². The number of nitrogens with one attached hydrogen (secondary N) is 1. The van der Waals surface area contributed by atoms with Crippen LogP contribution in [0.3, 0.4) is 0 Å². The van der Waals surface area contributed by atoms with Crippen LogP contribution < -0.4 is 5.32 Å². The molecule has 1 aliphatic rings. The Labute approximate surface area is 186 Å². The number of hydrogen-bond acceptors (Lipinski definition) is 3. The number of hydrogen-bond donors (Lipinski definition) is 1. The molecule has 1 N–H and O–H groups in total. The van der Waals surface area contributed by atoms with Crippen LogP contribution in [0.5, 0.6) is 0 Å². The predicted molar refractivity (Wildman–Crippen MR) is 127 cm³/mol. The Morgan fingerprint density at radius 1 is 0.935 bits per heavy atom. The van der Waals surface area contributed by atoms with Crippen molar-refractivity contribution >= 4 is 17.5 Å². The molecule has 31 heavy (non-hydrogen) atoms. The van der Waals surface area contributed by atoms with Gasteiger partial charge in [0, 0.05) is 38.7 Å². The van der Waals surface area contributed by atoms with E-state index >= 15 is 0 Å². The van der Waals surface area contributed by atoms with E-state index in [1.807, 2.05) is 17.0 Å². The van der Waals surface area contributed by atoms with Gasteiger partial charge in [-0.2, -0.15) is 0 Å². The van der Waals surface area contributed by atoms with E-state index in [0.29, 0.717) is 6.42 Å². The number of nitrogens with zero attached hydrogens (tertiary/aromatic N) is 2. The highest BCUT2D eigenvalue weighted by Crippen LogP contribution is 2.25. The van der Waals surface area contributed by atoms with Crippen molar-refractivity contribution in [3.8, 4) is 11.1 Å². The summed E-state index contributed by atoms with van der Waals surface area (Å²) in [6.45, 7) is 8.44.